The van der Waals surface area contributed by atoms with Gasteiger partial charge in [0.25, 0.3) is 0 Å². The maximum absolute atomic E-state index is 11.9. The molecule has 0 amide bonds. The standard InChI is InChI=1S/C11H13ClF3NS/c1-8(9-3-2-4-10(12)7-9)16-5-6-17-11(13,14)15/h2-4,7-8,16H,5-6H2,1H3. The highest BCUT2D eigenvalue weighted by molar-refractivity contribution is 8.00. The zero-order valence-electron chi connectivity index (χ0n) is 9.22. The molecule has 1 rings (SSSR count). The molecule has 1 aromatic carbocycles. The van der Waals surface area contributed by atoms with Crippen molar-refractivity contribution in [1.82, 2.24) is 5.32 Å². The van der Waals surface area contributed by atoms with Gasteiger partial charge < -0.3 is 5.32 Å². The number of halogens is 4. The molecular weight excluding hydrogens is 271 g/mol. The van der Waals surface area contributed by atoms with Gasteiger partial charge in [0.15, 0.2) is 0 Å². The zero-order valence-corrected chi connectivity index (χ0v) is 10.8. The average Bonchev–Trinajstić information content (AvgIpc) is 2.23. The Bertz CT molecular complexity index is 357. The molecule has 0 aliphatic rings. The molecule has 96 valence electrons. The first-order valence-electron chi connectivity index (χ1n) is 5.08. The Labute approximate surface area is 108 Å². The van der Waals surface area contributed by atoms with Gasteiger partial charge in [0, 0.05) is 23.4 Å². The average molecular weight is 284 g/mol. The molecule has 0 bridgehead atoms. The number of hydrogen-bond donors (Lipinski definition) is 1. The summed E-state index contributed by atoms with van der Waals surface area (Å²) >= 11 is 5.81. The lowest BCUT2D eigenvalue weighted by molar-refractivity contribution is -0.0327. The number of rotatable bonds is 5. The topological polar surface area (TPSA) is 12.0 Å². The van der Waals surface area contributed by atoms with E-state index in [2.05, 4.69) is 5.32 Å². The Kier molecular flexibility index (Phi) is 5.62. The Morgan fingerprint density at radius 3 is 2.71 bits per heavy atom. The van der Waals surface area contributed by atoms with Crippen molar-refractivity contribution in [2.24, 2.45) is 0 Å². The summed E-state index contributed by atoms with van der Waals surface area (Å²) in [4.78, 5) is 0. The van der Waals surface area contributed by atoms with Crippen molar-refractivity contribution in [1.29, 1.82) is 0 Å². The van der Waals surface area contributed by atoms with Gasteiger partial charge >= 0.3 is 5.51 Å². The van der Waals surface area contributed by atoms with Crippen molar-refractivity contribution >= 4 is 23.4 Å². The summed E-state index contributed by atoms with van der Waals surface area (Å²) in [6, 6.07) is 7.26. The molecule has 0 fully saturated rings. The molecule has 0 aromatic heterocycles. The highest BCUT2D eigenvalue weighted by atomic mass is 35.5. The lowest BCUT2D eigenvalue weighted by Gasteiger charge is -2.14. The molecule has 0 saturated heterocycles. The van der Waals surface area contributed by atoms with Gasteiger partial charge in [0.2, 0.25) is 0 Å². The first-order chi connectivity index (χ1) is 7.88. The molecule has 17 heavy (non-hydrogen) atoms. The van der Waals surface area contributed by atoms with Gasteiger partial charge in [-0.3, -0.25) is 0 Å². The number of alkyl halides is 3. The van der Waals surface area contributed by atoms with Gasteiger partial charge in [0.05, 0.1) is 0 Å². The molecule has 0 aliphatic carbocycles. The zero-order chi connectivity index (χ0) is 12.9. The van der Waals surface area contributed by atoms with Crippen LogP contribution in [0.2, 0.25) is 5.02 Å². The van der Waals surface area contributed by atoms with Crippen LogP contribution in [0, 0.1) is 0 Å². The van der Waals surface area contributed by atoms with Crippen molar-refractivity contribution in [2.45, 2.75) is 18.5 Å². The van der Waals surface area contributed by atoms with Gasteiger partial charge in [-0.05, 0) is 36.4 Å². The Morgan fingerprint density at radius 1 is 1.41 bits per heavy atom. The third-order valence-electron chi connectivity index (χ3n) is 2.17. The molecule has 1 aromatic rings. The van der Waals surface area contributed by atoms with E-state index >= 15 is 0 Å². The van der Waals surface area contributed by atoms with Crippen LogP contribution in [0.5, 0.6) is 0 Å². The van der Waals surface area contributed by atoms with Gasteiger partial charge in [-0.1, -0.05) is 23.7 Å². The second-order valence-corrected chi connectivity index (χ2v) is 5.12. The minimum atomic E-state index is -4.15. The normalized spacial score (nSPS) is 13.7. The second-order valence-electron chi connectivity index (χ2n) is 3.53. The van der Waals surface area contributed by atoms with Crippen molar-refractivity contribution in [3.63, 3.8) is 0 Å². The van der Waals surface area contributed by atoms with Crippen molar-refractivity contribution in [3.8, 4) is 0 Å². The van der Waals surface area contributed by atoms with E-state index in [1.54, 1.807) is 12.1 Å². The highest BCUT2D eigenvalue weighted by Crippen LogP contribution is 2.29. The van der Waals surface area contributed by atoms with E-state index in [0.29, 0.717) is 11.6 Å². The molecule has 0 spiro atoms. The molecule has 1 N–H and O–H groups in total. The van der Waals surface area contributed by atoms with Crippen LogP contribution in [0.1, 0.15) is 18.5 Å². The quantitative estimate of drug-likeness (QED) is 0.811. The number of benzene rings is 1. The summed E-state index contributed by atoms with van der Waals surface area (Å²) in [7, 11) is 0. The van der Waals surface area contributed by atoms with E-state index in [-0.39, 0.29) is 23.6 Å². The fraction of sp³-hybridized carbons (Fsp3) is 0.455. The van der Waals surface area contributed by atoms with E-state index in [9.17, 15) is 13.2 Å². The molecular formula is C11H13ClF3NS. The molecule has 0 saturated carbocycles. The molecule has 1 nitrogen and oxygen atoms in total. The summed E-state index contributed by atoms with van der Waals surface area (Å²) in [6.45, 7) is 2.20. The summed E-state index contributed by atoms with van der Waals surface area (Å²) in [5.41, 5.74) is -3.18. The maximum Gasteiger partial charge on any atom is 0.441 e. The van der Waals surface area contributed by atoms with Crippen LogP contribution >= 0.6 is 23.4 Å². The van der Waals surface area contributed by atoms with E-state index in [1.165, 1.54) is 0 Å². The number of hydrogen-bond acceptors (Lipinski definition) is 2. The van der Waals surface area contributed by atoms with Gasteiger partial charge in [-0.2, -0.15) is 13.2 Å². The van der Waals surface area contributed by atoms with Crippen LogP contribution in [-0.2, 0) is 0 Å². The Balaban J connectivity index is 2.33. The van der Waals surface area contributed by atoms with Crippen molar-refractivity contribution in [3.05, 3.63) is 34.9 Å². The van der Waals surface area contributed by atoms with Crippen molar-refractivity contribution in [2.75, 3.05) is 12.3 Å². The van der Waals surface area contributed by atoms with Crippen LogP contribution in [0.3, 0.4) is 0 Å². The van der Waals surface area contributed by atoms with Gasteiger partial charge in [-0.15, -0.1) is 0 Å². The fourth-order valence-corrected chi connectivity index (χ4v) is 1.99. The Morgan fingerprint density at radius 2 is 2.12 bits per heavy atom. The number of thioether (sulfide) groups is 1. The molecule has 1 unspecified atom stereocenters. The van der Waals surface area contributed by atoms with Crippen LogP contribution in [0.4, 0.5) is 13.2 Å². The summed E-state index contributed by atoms with van der Waals surface area (Å²) in [5, 5.41) is 3.64. The highest BCUT2D eigenvalue weighted by Gasteiger charge is 2.27. The van der Waals surface area contributed by atoms with E-state index in [0.717, 1.165) is 5.56 Å². The first-order valence-corrected chi connectivity index (χ1v) is 6.44. The minimum Gasteiger partial charge on any atom is -0.309 e. The SMILES string of the molecule is CC(NCCSC(F)(F)F)c1cccc(Cl)c1. The first kappa shape index (κ1) is 14.7. The van der Waals surface area contributed by atoms with Crippen LogP contribution < -0.4 is 5.32 Å². The van der Waals surface area contributed by atoms with Crippen LogP contribution in [-0.4, -0.2) is 17.8 Å². The van der Waals surface area contributed by atoms with Gasteiger partial charge in [0.1, 0.15) is 0 Å². The van der Waals surface area contributed by atoms with E-state index < -0.39 is 5.51 Å². The van der Waals surface area contributed by atoms with E-state index in [1.807, 2.05) is 19.1 Å². The fourth-order valence-electron chi connectivity index (χ4n) is 1.34. The molecule has 0 aliphatic heterocycles. The molecule has 6 heteroatoms. The van der Waals surface area contributed by atoms with Crippen LogP contribution in [0.15, 0.2) is 24.3 Å². The lowest BCUT2D eigenvalue weighted by atomic mass is 10.1. The monoisotopic (exact) mass is 283 g/mol. The summed E-state index contributed by atoms with van der Waals surface area (Å²) in [5.74, 6) is 0.00834. The third-order valence-corrected chi connectivity index (χ3v) is 3.14. The van der Waals surface area contributed by atoms with E-state index in [4.69, 9.17) is 11.6 Å². The van der Waals surface area contributed by atoms with Crippen LogP contribution in [0.25, 0.3) is 0 Å². The number of nitrogens with one attached hydrogen (secondary N) is 1. The predicted molar refractivity (Wildman–Crippen MR) is 66.4 cm³/mol. The summed E-state index contributed by atoms with van der Waals surface area (Å²) in [6.07, 6.45) is 0. The molecule has 0 heterocycles. The lowest BCUT2D eigenvalue weighted by Crippen LogP contribution is -2.22. The largest absolute Gasteiger partial charge is 0.441 e. The third kappa shape index (κ3) is 6.19. The summed E-state index contributed by atoms with van der Waals surface area (Å²) < 4.78 is 35.6. The minimum absolute atomic E-state index is 0.00834. The second kappa shape index (κ2) is 6.52. The molecule has 0 radical (unpaired) electrons. The molecule has 1 atom stereocenters. The Hall–Kier alpha value is -0.390. The van der Waals surface area contributed by atoms with Crippen molar-refractivity contribution < 1.29 is 13.2 Å². The maximum atomic E-state index is 11.9. The smallest absolute Gasteiger partial charge is 0.309 e. The van der Waals surface area contributed by atoms with Gasteiger partial charge in [-0.25, -0.2) is 0 Å². The predicted octanol–water partition coefficient (Wildman–Crippen LogP) is 4.24.